The first-order valence-electron chi connectivity index (χ1n) is 7.42. The van der Waals surface area contributed by atoms with E-state index in [2.05, 4.69) is 28.6 Å². The van der Waals surface area contributed by atoms with E-state index in [-0.39, 0.29) is 0 Å². The maximum Gasteiger partial charge on any atom is 0.213 e. The zero-order valence-corrected chi connectivity index (χ0v) is 13.8. The van der Waals surface area contributed by atoms with Gasteiger partial charge in [-0.25, -0.2) is 4.98 Å². The van der Waals surface area contributed by atoms with Crippen LogP contribution >= 0.6 is 0 Å². The second-order valence-electron chi connectivity index (χ2n) is 5.12. The molecule has 0 aromatic carbocycles. The number of aryl methyl sites for hydroxylation is 1. The van der Waals surface area contributed by atoms with Crippen LogP contribution in [0.3, 0.4) is 0 Å². The Morgan fingerprint density at radius 2 is 2.17 bits per heavy atom. The van der Waals surface area contributed by atoms with Crippen LogP contribution in [0.25, 0.3) is 11.4 Å². The number of methoxy groups -OCH3 is 1. The van der Waals surface area contributed by atoms with Gasteiger partial charge in [0.05, 0.1) is 18.5 Å². The number of hydrogen-bond donors (Lipinski definition) is 0. The lowest BCUT2D eigenvalue weighted by molar-refractivity contribution is 0.398. The molecule has 2 aromatic heterocycles. The molecule has 4 heteroatoms. The van der Waals surface area contributed by atoms with Gasteiger partial charge < -0.3 is 4.74 Å². The van der Waals surface area contributed by atoms with Crippen LogP contribution in [0.5, 0.6) is 5.88 Å². The van der Waals surface area contributed by atoms with Gasteiger partial charge in [0.25, 0.3) is 0 Å². The molecule has 0 saturated heterocycles. The Kier molecular flexibility index (Phi) is 5.80. The fraction of sp³-hybridized carbons (Fsp3) is 0.211. The van der Waals surface area contributed by atoms with Crippen molar-refractivity contribution in [3.8, 4) is 17.3 Å². The van der Waals surface area contributed by atoms with E-state index in [1.54, 1.807) is 13.3 Å². The van der Waals surface area contributed by atoms with Crippen molar-refractivity contribution in [1.29, 1.82) is 0 Å². The van der Waals surface area contributed by atoms with Gasteiger partial charge in [-0.05, 0) is 49.4 Å². The molecule has 0 aliphatic rings. The molecule has 0 radical (unpaired) electrons. The molecule has 0 spiro atoms. The zero-order valence-electron chi connectivity index (χ0n) is 13.8. The van der Waals surface area contributed by atoms with Gasteiger partial charge in [-0.1, -0.05) is 18.2 Å². The first kappa shape index (κ1) is 16.6. The lowest BCUT2D eigenvalue weighted by Crippen LogP contribution is -1.97. The van der Waals surface area contributed by atoms with E-state index in [0.29, 0.717) is 5.88 Å². The number of rotatable bonds is 6. The van der Waals surface area contributed by atoms with Crippen molar-refractivity contribution >= 4 is 6.72 Å². The van der Waals surface area contributed by atoms with Gasteiger partial charge in [0.1, 0.15) is 0 Å². The summed E-state index contributed by atoms with van der Waals surface area (Å²) in [5.41, 5.74) is 5.06. The molecule has 0 aliphatic heterocycles. The maximum atomic E-state index is 5.17. The number of aliphatic imine (C=N–C) groups is 1. The minimum Gasteiger partial charge on any atom is -0.481 e. The van der Waals surface area contributed by atoms with E-state index in [4.69, 9.17) is 4.74 Å². The van der Waals surface area contributed by atoms with Gasteiger partial charge in [-0.15, -0.1) is 0 Å². The summed E-state index contributed by atoms with van der Waals surface area (Å²) >= 11 is 0. The fourth-order valence-corrected chi connectivity index (χ4v) is 2.28. The molecular weight excluding hydrogens is 286 g/mol. The molecule has 2 rings (SSSR count). The monoisotopic (exact) mass is 307 g/mol. The summed E-state index contributed by atoms with van der Waals surface area (Å²) in [6, 6.07) is 7.71. The second kappa shape index (κ2) is 8.03. The molecule has 0 atom stereocenters. The van der Waals surface area contributed by atoms with Crippen molar-refractivity contribution in [2.75, 3.05) is 7.11 Å². The van der Waals surface area contributed by atoms with Crippen LogP contribution in [-0.4, -0.2) is 23.8 Å². The zero-order chi connectivity index (χ0) is 16.7. The van der Waals surface area contributed by atoms with E-state index in [1.165, 1.54) is 5.56 Å². The minimum atomic E-state index is 0.585. The topological polar surface area (TPSA) is 47.4 Å². The summed E-state index contributed by atoms with van der Waals surface area (Å²) in [6.45, 7) is 7.59. The van der Waals surface area contributed by atoms with Crippen molar-refractivity contribution in [2.24, 2.45) is 4.99 Å². The predicted molar refractivity (Wildman–Crippen MR) is 94.9 cm³/mol. The lowest BCUT2D eigenvalue weighted by atomic mass is 10.0. The van der Waals surface area contributed by atoms with Crippen molar-refractivity contribution in [2.45, 2.75) is 20.3 Å². The first-order chi connectivity index (χ1) is 11.2. The standard InChI is InChI=1S/C19H21N3O/c1-5-7-15(12-20-3)11-16-13-21-18(10-14(16)2)17-8-6-9-19(22-17)23-4/h5-10,12-13H,3,11H2,1-2,4H3/b7-5-,15-12+. The molecular formula is C19H21N3O. The molecule has 118 valence electrons. The largest absolute Gasteiger partial charge is 0.481 e. The second-order valence-corrected chi connectivity index (χ2v) is 5.12. The molecule has 0 N–H and O–H groups in total. The van der Waals surface area contributed by atoms with Gasteiger partial charge in [-0.3, -0.25) is 9.98 Å². The Morgan fingerprint density at radius 3 is 2.83 bits per heavy atom. The van der Waals surface area contributed by atoms with Crippen molar-refractivity contribution in [3.05, 3.63) is 65.5 Å². The van der Waals surface area contributed by atoms with Gasteiger partial charge >= 0.3 is 0 Å². The molecule has 4 nitrogen and oxygen atoms in total. The third-order valence-electron chi connectivity index (χ3n) is 3.45. The number of hydrogen-bond acceptors (Lipinski definition) is 4. The highest BCUT2D eigenvalue weighted by atomic mass is 16.5. The lowest BCUT2D eigenvalue weighted by Gasteiger charge is -2.09. The molecule has 23 heavy (non-hydrogen) atoms. The van der Waals surface area contributed by atoms with Gasteiger partial charge in [0.15, 0.2) is 0 Å². The van der Waals surface area contributed by atoms with Gasteiger partial charge in [0, 0.05) is 24.9 Å². The Balaban J connectivity index is 2.30. The van der Waals surface area contributed by atoms with Crippen LogP contribution in [0.2, 0.25) is 0 Å². The van der Waals surface area contributed by atoms with Crippen molar-refractivity contribution < 1.29 is 4.74 Å². The maximum absolute atomic E-state index is 5.17. The Bertz CT molecular complexity index is 748. The van der Waals surface area contributed by atoms with E-state index >= 15 is 0 Å². The summed E-state index contributed by atoms with van der Waals surface area (Å²) in [5.74, 6) is 0.585. The molecule has 0 fully saturated rings. The smallest absolute Gasteiger partial charge is 0.213 e. The summed E-state index contributed by atoms with van der Waals surface area (Å²) in [4.78, 5) is 12.8. The Hall–Kier alpha value is -2.75. The number of aromatic nitrogens is 2. The highest BCUT2D eigenvalue weighted by Gasteiger charge is 2.07. The Morgan fingerprint density at radius 1 is 1.35 bits per heavy atom. The molecule has 0 bridgehead atoms. The summed E-state index contributed by atoms with van der Waals surface area (Å²) in [5, 5.41) is 0. The number of ether oxygens (including phenoxy) is 1. The quantitative estimate of drug-likeness (QED) is 0.594. The van der Waals surface area contributed by atoms with Crippen molar-refractivity contribution in [1.82, 2.24) is 9.97 Å². The van der Waals surface area contributed by atoms with E-state index in [1.807, 2.05) is 49.5 Å². The van der Waals surface area contributed by atoms with E-state index < -0.39 is 0 Å². The van der Waals surface area contributed by atoms with Gasteiger partial charge in [-0.2, -0.15) is 0 Å². The average Bonchev–Trinajstić information content (AvgIpc) is 2.57. The average molecular weight is 307 g/mol. The highest BCUT2D eigenvalue weighted by Crippen LogP contribution is 2.21. The molecule has 0 aliphatic carbocycles. The molecule has 0 saturated carbocycles. The predicted octanol–water partition coefficient (Wildman–Crippen LogP) is 4.16. The number of pyridine rings is 2. The SMILES string of the molecule is C=N/C=C(\C=C/C)Cc1cnc(-c2cccc(OC)n2)cc1C. The summed E-state index contributed by atoms with van der Waals surface area (Å²) in [7, 11) is 1.61. The van der Waals surface area contributed by atoms with Crippen LogP contribution in [0.1, 0.15) is 18.1 Å². The third-order valence-corrected chi connectivity index (χ3v) is 3.45. The first-order valence-corrected chi connectivity index (χ1v) is 7.42. The summed E-state index contributed by atoms with van der Waals surface area (Å²) < 4.78 is 5.17. The molecule has 2 aromatic rings. The molecule has 0 unspecified atom stereocenters. The van der Waals surface area contributed by atoms with Crippen LogP contribution < -0.4 is 4.74 Å². The number of nitrogens with zero attached hydrogens (tertiary/aromatic N) is 3. The fourth-order valence-electron chi connectivity index (χ4n) is 2.28. The van der Waals surface area contributed by atoms with Crippen LogP contribution in [0.15, 0.2) is 59.4 Å². The van der Waals surface area contributed by atoms with Crippen LogP contribution in [-0.2, 0) is 6.42 Å². The molecule has 0 amide bonds. The minimum absolute atomic E-state index is 0.585. The molecule has 2 heterocycles. The van der Waals surface area contributed by atoms with Crippen LogP contribution in [0.4, 0.5) is 0 Å². The normalized spacial score (nSPS) is 11.7. The highest BCUT2D eigenvalue weighted by molar-refractivity contribution is 5.56. The third kappa shape index (κ3) is 4.36. The summed E-state index contributed by atoms with van der Waals surface area (Å²) in [6.07, 6.45) is 8.47. The van der Waals surface area contributed by atoms with E-state index in [9.17, 15) is 0 Å². The Labute approximate surface area is 137 Å². The van der Waals surface area contributed by atoms with E-state index in [0.717, 1.165) is 28.9 Å². The number of allylic oxidation sites excluding steroid dienone is 3. The van der Waals surface area contributed by atoms with Crippen LogP contribution in [0, 0.1) is 6.92 Å². The van der Waals surface area contributed by atoms with Crippen molar-refractivity contribution in [3.63, 3.8) is 0 Å². The van der Waals surface area contributed by atoms with Gasteiger partial charge in [0.2, 0.25) is 5.88 Å².